The highest BCUT2D eigenvalue weighted by Crippen LogP contribution is 2.75. The maximum atomic E-state index is 13.2. The van der Waals surface area contributed by atoms with Gasteiger partial charge in [0.25, 0.3) is 5.91 Å². The Kier molecular flexibility index (Phi) is 4.12. The highest BCUT2D eigenvalue weighted by atomic mass is 16.1. The van der Waals surface area contributed by atoms with Gasteiger partial charge in [-0.25, -0.2) is 0 Å². The van der Waals surface area contributed by atoms with E-state index in [-0.39, 0.29) is 5.91 Å². The molecule has 1 spiro atoms. The lowest BCUT2D eigenvalue weighted by Gasteiger charge is -2.12. The summed E-state index contributed by atoms with van der Waals surface area (Å²) in [6, 6.07) is 16.6. The molecule has 0 saturated heterocycles. The Morgan fingerprint density at radius 1 is 1.17 bits per heavy atom. The van der Waals surface area contributed by atoms with Crippen LogP contribution in [-0.4, -0.2) is 15.7 Å². The second-order valence-electron chi connectivity index (χ2n) is 9.01. The predicted octanol–water partition coefficient (Wildman–Crippen LogP) is 5.73. The van der Waals surface area contributed by atoms with E-state index in [1.165, 1.54) is 30.4 Å². The molecule has 1 atom stereocenters. The first-order valence-corrected chi connectivity index (χ1v) is 10.5. The van der Waals surface area contributed by atoms with E-state index in [0.717, 1.165) is 16.9 Å². The first-order chi connectivity index (χ1) is 14.0. The third-order valence-electron chi connectivity index (χ3n) is 6.57. The molecule has 0 radical (unpaired) electrons. The summed E-state index contributed by atoms with van der Waals surface area (Å²) in [5.41, 5.74) is 6.35. The Bertz CT molecular complexity index is 1090. The van der Waals surface area contributed by atoms with E-state index < -0.39 is 0 Å². The summed E-state index contributed by atoms with van der Waals surface area (Å²) in [7, 11) is 1.86. The molecular weight excluding hydrogens is 358 g/mol. The van der Waals surface area contributed by atoms with E-state index in [9.17, 15) is 4.79 Å². The minimum absolute atomic E-state index is 0.0963. The maximum absolute atomic E-state index is 13.2. The Balaban J connectivity index is 1.46. The lowest BCUT2D eigenvalue weighted by atomic mass is 9.98. The van der Waals surface area contributed by atoms with Gasteiger partial charge in [-0.15, -0.1) is 0 Å². The van der Waals surface area contributed by atoms with Gasteiger partial charge in [0.15, 0.2) is 0 Å². The van der Waals surface area contributed by atoms with Crippen molar-refractivity contribution in [3.8, 4) is 11.3 Å². The van der Waals surface area contributed by atoms with Gasteiger partial charge in [-0.05, 0) is 59.8 Å². The summed E-state index contributed by atoms with van der Waals surface area (Å²) < 4.78 is 1.72. The number of aromatic nitrogens is 2. The number of benzene rings is 2. The van der Waals surface area contributed by atoms with Crippen LogP contribution in [0.5, 0.6) is 0 Å². The van der Waals surface area contributed by atoms with Gasteiger partial charge in [0.1, 0.15) is 5.69 Å². The summed E-state index contributed by atoms with van der Waals surface area (Å²) in [5, 5.41) is 7.79. The fraction of sp³-hybridized carbons (Fsp3) is 0.360. The van der Waals surface area contributed by atoms with Gasteiger partial charge in [-0.1, -0.05) is 50.2 Å². The first-order valence-electron chi connectivity index (χ1n) is 10.5. The van der Waals surface area contributed by atoms with Crippen LogP contribution in [-0.2, 0) is 7.05 Å². The standard InChI is InChI=1S/C25H27N3O/c1-16(2)17-7-6-8-18(13-17)23-20(15-28(3)27-23)24(29)26-22-10-5-4-9-19(22)21-14-25(21)11-12-25/h4-10,13,15-16,21H,11-12,14H2,1-3H3,(H,26,29). The van der Waals surface area contributed by atoms with Crippen molar-refractivity contribution in [2.75, 3.05) is 5.32 Å². The molecule has 2 fully saturated rings. The Hall–Kier alpha value is -2.88. The Labute approximate surface area is 172 Å². The number of carbonyl (C=O) groups excluding carboxylic acids is 1. The van der Waals surface area contributed by atoms with Crippen LogP contribution in [0.15, 0.2) is 54.7 Å². The van der Waals surface area contributed by atoms with Gasteiger partial charge in [0.05, 0.1) is 5.56 Å². The molecule has 1 heterocycles. The summed E-state index contributed by atoms with van der Waals surface area (Å²) in [4.78, 5) is 13.2. The van der Waals surface area contributed by atoms with Crippen molar-refractivity contribution < 1.29 is 4.79 Å². The van der Waals surface area contributed by atoms with Crippen molar-refractivity contribution in [3.05, 3.63) is 71.4 Å². The molecule has 0 aliphatic heterocycles. The monoisotopic (exact) mass is 385 g/mol. The van der Waals surface area contributed by atoms with Crippen molar-refractivity contribution in [2.45, 2.75) is 44.9 Å². The third kappa shape index (κ3) is 3.27. The van der Waals surface area contributed by atoms with Gasteiger partial charge in [-0.3, -0.25) is 9.48 Å². The van der Waals surface area contributed by atoms with Gasteiger partial charge < -0.3 is 5.32 Å². The van der Waals surface area contributed by atoms with Crippen LogP contribution in [0.25, 0.3) is 11.3 Å². The zero-order valence-corrected chi connectivity index (χ0v) is 17.3. The molecule has 4 nitrogen and oxygen atoms in total. The largest absolute Gasteiger partial charge is 0.322 e. The van der Waals surface area contributed by atoms with E-state index in [4.69, 9.17) is 0 Å². The second kappa shape index (κ2) is 6.58. The summed E-state index contributed by atoms with van der Waals surface area (Å²) >= 11 is 0. The summed E-state index contributed by atoms with van der Waals surface area (Å²) in [6.45, 7) is 4.35. The number of para-hydroxylation sites is 1. The van der Waals surface area contributed by atoms with Crippen LogP contribution < -0.4 is 5.32 Å². The molecular formula is C25H27N3O. The minimum Gasteiger partial charge on any atom is -0.322 e. The predicted molar refractivity (Wildman–Crippen MR) is 116 cm³/mol. The Morgan fingerprint density at radius 2 is 1.97 bits per heavy atom. The average Bonchev–Trinajstić information content (AvgIpc) is 3.61. The SMILES string of the molecule is CC(C)c1cccc(-c2nn(C)cc2C(=O)Nc2ccccc2C2CC23CC3)c1. The van der Waals surface area contributed by atoms with Crippen LogP contribution in [0.2, 0.25) is 0 Å². The molecule has 148 valence electrons. The van der Waals surface area contributed by atoms with Gasteiger partial charge >= 0.3 is 0 Å². The summed E-state index contributed by atoms with van der Waals surface area (Å²) in [5.74, 6) is 0.937. The molecule has 2 aromatic carbocycles. The highest BCUT2D eigenvalue weighted by molar-refractivity contribution is 6.08. The van der Waals surface area contributed by atoms with Crippen LogP contribution in [0.3, 0.4) is 0 Å². The third-order valence-corrected chi connectivity index (χ3v) is 6.57. The molecule has 3 aromatic rings. The van der Waals surface area contributed by atoms with E-state index >= 15 is 0 Å². The van der Waals surface area contributed by atoms with Gasteiger partial charge in [0.2, 0.25) is 0 Å². The van der Waals surface area contributed by atoms with E-state index in [1.807, 2.05) is 37.5 Å². The molecule has 29 heavy (non-hydrogen) atoms. The normalized spacial score (nSPS) is 18.8. The molecule has 5 rings (SSSR count). The van der Waals surface area contributed by atoms with Crippen molar-refractivity contribution in [1.29, 1.82) is 0 Å². The number of aryl methyl sites for hydroxylation is 1. The topological polar surface area (TPSA) is 46.9 Å². The fourth-order valence-corrected chi connectivity index (χ4v) is 4.52. The lowest BCUT2D eigenvalue weighted by Crippen LogP contribution is -2.13. The van der Waals surface area contributed by atoms with Crippen LogP contribution in [0, 0.1) is 5.41 Å². The molecule has 1 aromatic heterocycles. The number of nitrogens with one attached hydrogen (secondary N) is 1. The van der Waals surface area contributed by atoms with Crippen LogP contribution in [0.4, 0.5) is 5.69 Å². The van der Waals surface area contributed by atoms with E-state index in [0.29, 0.717) is 22.8 Å². The van der Waals surface area contributed by atoms with Crippen molar-refractivity contribution in [1.82, 2.24) is 9.78 Å². The quantitative estimate of drug-likeness (QED) is 0.610. The number of hydrogen-bond donors (Lipinski definition) is 1. The fourth-order valence-electron chi connectivity index (χ4n) is 4.52. The van der Waals surface area contributed by atoms with Gasteiger partial charge in [-0.2, -0.15) is 5.10 Å². The van der Waals surface area contributed by atoms with Crippen molar-refractivity contribution in [3.63, 3.8) is 0 Å². The second-order valence-corrected chi connectivity index (χ2v) is 9.01. The minimum atomic E-state index is -0.0963. The first kappa shape index (κ1) is 18.2. The molecule has 1 unspecified atom stereocenters. The highest BCUT2D eigenvalue weighted by Gasteiger charge is 2.63. The van der Waals surface area contributed by atoms with Gasteiger partial charge in [0, 0.05) is 24.5 Å². The van der Waals surface area contributed by atoms with Crippen molar-refractivity contribution >= 4 is 11.6 Å². The van der Waals surface area contributed by atoms with Crippen LogP contribution in [0.1, 0.15) is 66.4 Å². The van der Waals surface area contributed by atoms with E-state index in [1.54, 1.807) is 4.68 Å². The smallest absolute Gasteiger partial charge is 0.259 e. The number of amides is 1. The van der Waals surface area contributed by atoms with Crippen molar-refractivity contribution in [2.24, 2.45) is 12.5 Å². The molecule has 2 saturated carbocycles. The van der Waals surface area contributed by atoms with Crippen LogP contribution >= 0.6 is 0 Å². The maximum Gasteiger partial charge on any atom is 0.259 e. The zero-order chi connectivity index (χ0) is 20.2. The lowest BCUT2D eigenvalue weighted by molar-refractivity contribution is 0.102. The molecule has 2 aliphatic rings. The number of rotatable bonds is 5. The number of carbonyl (C=O) groups is 1. The number of hydrogen-bond acceptors (Lipinski definition) is 2. The molecule has 2 aliphatic carbocycles. The number of nitrogens with zero attached hydrogens (tertiary/aromatic N) is 2. The zero-order valence-electron chi connectivity index (χ0n) is 17.3. The molecule has 1 N–H and O–H groups in total. The molecule has 0 bridgehead atoms. The number of anilines is 1. The summed E-state index contributed by atoms with van der Waals surface area (Å²) in [6.07, 6.45) is 5.74. The van der Waals surface area contributed by atoms with E-state index in [2.05, 4.69) is 48.5 Å². The molecule has 4 heteroatoms. The Morgan fingerprint density at radius 3 is 2.69 bits per heavy atom. The average molecular weight is 386 g/mol. The molecule has 1 amide bonds.